The molecule has 1 aliphatic rings. The Balaban J connectivity index is 2.03. The van der Waals surface area contributed by atoms with Gasteiger partial charge in [0, 0.05) is 16.7 Å². The predicted octanol–water partition coefficient (Wildman–Crippen LogP) is -2.11. The van der Waals surface area contributed by atoms with Gasteiger partial charge in [0.2, 0.25) is 17.3 Å². The van der Waals surface area contributed by atoms with Crippen LogP contribution in [-0.4, -0.2) is 125 Å². The fraction of sp³-hybridized carbons (Fsp3) is 0.222. The van der Waals surface area contributed by atoms with Crippen molar-refractivity contribution in [1.29, 1.82) is 0 Å². The van der Waals surface area contributed by atoms with E-state index in [1.807, 2.05) is 0 Å². The zero-order valence-electron chi connectivity index (χ0n) is 22.2. The van der Waals surface area contributed by atoms with E-state index in [9.17, 15) is 85.9 Å². The average molecular weight is 636 g/mol. The molecule has 0 aromatic heterocycles. The van der Waals surface area contributed by atoms with E-state index in [1.165, 1.54) is 0 Å². The van der Waals surface area contributed by atoms with Gasteiger partial charge in [-0.2, -0.15) is 0 Å². The number of hydrogen-bond acceptors (Lipinski definition) is 18. The summed E-state index contributed by atoms with van der Waals surface area (Å²) in [5.74, 6) is -20.6. The first-order chi connectivity index (χ1) is 20.8. The van der Waals surface area contributed by atoms with Gasteiger partial charge < -0.3 is 76.2 Å². The van der Waals surface area contributed by atoms with Gasteiger partial charge in [-0.1, -0.05) is 0 Å². The first-order valence-corrected chi connectivity index (χ1v) is 12.3. The molecular weight excluding hydrogens is 612 g/mol. The van der Waals surface area contributed by atoms with Crippen LogP contribution in [0, 0.1) is 0 Å². The van der Waals surface area contributed by atoms with E-state index in [0.717, 1.165) is 0 Å². The monoisotopic (exact) mass is 636 g/mol. The van der Waals surface area contributed by atoms with Gasteiger partial charge in [-0.05, 0) is 36.4 Å². The van der Waals surface area contributed by atoms with Crippen LogP contribution >= 0.6 is 0 Å². The maximum absolute atomic E-state index is 13.9. The maximum atomic E-state index is 13.9. The molecule has 5 atom stereocenters. The Bertz CT molecular complexity index is 1680. The van der Waals surface area contributed by atoms with Crippen molar-refractivity contribution in [2.75, 3.05) is 6.61 Å². The Morgan fingerprint density at radius 1 is 0.556 bits per heavy atom. The second kappa shape index (κ2) is 10.7. The van der Waals surface area contributed by atoms with Gasteiger partial charge in [0.05, 0.1) is 6.61 Å². The second-order valence-electron chi connectivity index (χ2n) is 10.00. The lowest BCUT2D eigenvalue weighted by Crippen LogP contribution is -2.84. The van der Waals surface area contributed by atoms with Crippen molar-refractivity contribution < 1.29 is 90.6 Å². The van der Waals surface area contributed by atoms with Crippen LogP contribution in [0.3, 0.4) is 0 Å². The Kier molecular flexibility index (Phi) is 7.71. The number of aliphatic hydroxyl groups is 5. The molecule has 0 amide bonds. The summed E-state index contributed by atoms with van der Waals surface area (Å²) in [6.45, 7) is -1.67. The van der Waals surface area contributed by atoms with E-state index in [2.05, 4.69) is 0 Å². The molecule has 0 unspecified atom stereocenters. The molecule has 1 aliphatic heterocycles. The lowest BCUT2D eigenvalue weighted by atomic mass is 9.63. The minimum absolute atomic E-state index is 0.353. The van der Waals surface area contributed by atoms with Crippen LogP contribution < -0.4 is 0 Å². The molecule has 18 nitrogen and oxygen atoms in total. The van der Waals surface area contributed by atoms with Crippen LogP contribution in [-0.2, 0) is 4.74 Å². The summed E-state index contributed by atoms with van der Waals surface area (Å²) in [4.78, 5) is 41.2. The number of carbonyl (C=O) groups excluding carboxylic acids is 3. The van der Waals surface area contributed by atoms with Crippen molar-refractivity contribution in [3.05, 3.63) is 53.1 Å². The van der Waals surface area contributed by atoms with Gasteiger partial charge in [0.25, 0.3) is 5.79 Å². The first-order valence-electron chi connectivity index (χ1n) is 12.3. The molecule has 0 aliphatic carbocycles. The third-order valence-corrected chi connectivity index (χ3v) is 7.31. The number of Topliss-reactive ketones (excluding diaryl/α,β-unsaturated/α-hetero) is 3. The maximum Gasteiger partial charge on any atom is 0.262 e. The van der Waals surface area contributed by atoms with Gasteiger partial charge in [-0.25, -0.2) is 0 Å². The molecule has 240 valence electrons. The number of phenols is 9. The van der Waals surface area contributed by atoms with E-state index < -0.39 is 122 Å². The smallest absolute Gasteiger partial charge is 0.262 e. The number of rotatable bonds is 7. The third-order valence-electron chi connectivity index (χ3n) is 7.31. The topological polar surface area (TPSA) is 344 Å². The number of ether oxygens (including phenoxy) is 1. The van der Waals surface area contributed by atoms with E-state index in [0.29, 0.717) is 36.4 Å². The number of aliphatic hydroxyl groups excluding tert-OH is 2. The highest BCUT2D eigenvalue weighted by Crippen LogP contribution is 2.49. The lowest BCUT2D eigenvalue weighted by Gasteiger charge is -2.55. The minimum atomic E-state index is -4.29. The standard InChI is InChI=1S/C27H24O18/c28-7-17-25(42,21(38)8-1-11(29)18(35)12(30)2-8)26(43,22(39)9-3-13(31)19(36)14(32)4-9)24(41)27(44,45-17)23(40)10-5-15(33)20(37)16(34)6-10/h1-6,17,24,28-37,41-44H,7H2/t17-,24-,25+,26-,27-/m1/s1. The third kappa shape index (κ3) is 4.56. The SMILES string of the molecule is O=C(c1cc(O)c(O)c(O)c1)[C@@]1(O)[C@@H](O)[C@@](O)(C(=O)c2cc(O)c(O)c(O)c2)O[C@H](CO)[C@]1(O)C(=O)c1cc(O)c(O)c(O)c1. The molecule has 0 radical (unpaired) electrons. The van der Waals surface area contributed by atoms with Crippen molar-refractivity contribution in [2.24, 2.45) is 0 Å². The van der Waals surface area contributed by atoms with Crippen LogP contribution in [0.1, 0.15) is 31.1 Å². The number of phenolic OH excluding ortho intramolecular Hbond substituents is 9. The number of carbonyl (C=O) groups is 3. The van der Waals surface area contributed by atoms with Gasteiger partial charge in [0.1, 0.15) is 6.10 Å². The molecule has 0 spiro atoms. The van der Waals surface area contributed by atoms with Gasteiger partial charge in [-0.3, -0.25) is 14.4 Å². The fourth-order valence-electron chi connectivity index (χ4n) is 4.92. The Morgan fingerprint density at radius 3 is 1.16 bits per heavy atom. The van der Waals surface area contributed by atoms with Crippen LogP contribution in [0.15, 0.2) is 36.4 Å². The molecular formula is C27H24O18. The highest BCUT2D eigenvalue weighted by Gasteiger charge is 2.77. The minimum Gasteiger partial charge on any atom is -0.504 e. The number of benzene rings is 3. The summed E-state index contributed by atoms with van der Waals surface area (Å²) >= 11 is 0. The Morgan fingerprint density at radius 2 is 0.844 bits per heavy atom. The highest BCUT2D eigenvalue weighted by molar-refractivity contribution is 6.15. The molecule has 3 aromatic carbocycles. The van der Waals surface area contributed by atoms with Crippen molar-refractivity contribution in [1.82, 2.24) is 0 Å². The summed E-state index contributed by atoms with van der Waals surface area (Å²) in [5.41, 5.74) is -11.5. The van der Waals surface area contributed by atoms with E-state index in [-0.39, 0.29) is 0 Å². The molecule has 1 saturated heterocycles. The van der Waals surface area contributed by atoms with E-state index in [4.69, 9.17) is 4.74 Å². The van der Waals surface area contributed by atoms with E-state index in [1.54, 1.807) is 0 Å². The molecule has 4 rings (SSSR count). The lowest BCUT2D eigenvalue weighted by molar-refractivity contribution is -0.355. The second-order valence-corrected chi connectivity index (χ2v) is 10.00. The van der Waals surface area contributed by atoms with Gasteiger partial charge >= 0.3 is 0 Å². The molecule has 0 saturated carbocycles. The molecule has 3 aromatic rings. The van der Waals surface area contributed by atoms with Crippen LogP contribution in [0.5, 0.6) is 51.7 Å². The van der Waals surface area contributed by atoms with Crippen molar-refractivity contribution in [3.63, 3.8) is 0 Å². The quantitative estimate of drug-likeness (QED) is 0.0974. The predicted molar refractivity (Wildman–Crippen MR) is 140 cm³/mol. The zero-order valence-corrected chi connectivity index (χ0v) is 22.2. The molecule has 0 bridgehead atoms. The van der Waals surface area contributed by atoms with Crippen molar-refractivity contribution >= 4 is 17.3 Å². The van der Waals surface area contributed by atoms with E-state index >= 15 is 0 Å². The number of ketones is 3. The van der Waals surface area contributed by atoms with Crippen LogP contribution in [0.2, 0.25) is 0 Å². The Labute approximate surface area is 249 Å². The van der Waals surface area contributed by atoms with Crippen molar-refractivity contribution in [2.45, 2.75) is 29.2 Å². The van der Waals surface area contributed by atoms with Crippen LogP contribution in [0.25, 0.3) is 0 Å². The first kappa shape index (κ1) is 32.5. The molecule has 14 N–H and O–H groups in total. The summed E-state index contributed by atoms with van der Waals surface area (Å²) in [6, 6.07) is 2.34. The molecule has 45 heavy (non-hydrogen) atoms. The van der Waals surface area contributed by atoms with Gasteiger partial charge in [-0.15, -0.1) is 0 Å². The van der Waals surface area contributed by atoms with Crippen LogP contribution in [0.4, 0.5) is 0 Å². The van der Waals surface area contributed by atoms with Gasteiger partial charge in [0.15, 0.2) is 69.1 Å². The normalized spacial score (nSPS) is 26.3. The van der Waals surface area contributed by atoms with Crippen molar-refractivity contribution in [3.8, 4) is 51.7 Å². The fourth-order valence-corrected chi connectivity index (χ4v) is 4.92. The zero-order chi connectivity index (χ0) is 34.0. The summed E-state index contributed by atoms with van der Waals surface area (Å²) in [7, 11) is 0. The largest absolute Gasteiger partial charge is 0.504 e. The molecule has 1 heterocycles. The summed E-state index contributed by atoms with van der Waals surface area (Å²) < 4.78 is 5.04. The number of hydrogen-bond donors (Lipinski definition) is 14. The molecule has 1 fully saturated rings. The number of aromatic hydroxyl groups is 9. The highest BCUT2D eigenvalue weighted by atomic mass is 16.7. The molecule has 18 heteroatoms. The average Bonchev–Trinajstić information content (AvgIpc) is 2.99. The summed E-state index contributed by atoms with van der Waals surface area (Å²) in [5, 5.41) is 145. The summed E-state index contributed by atoms with van der Waals surface area (Å²) in [6.07, 6.45) is -6.33. The Hall–Kier alpha value is -5.37.